The lowest BCUT2D eigenvalue weighted by Gasteiger charge is -1.86. The van der Waals surface area contributed by atoms with Crippen molar-refractivity contribution >= 4 is 21.6 Å². The van der Waals surface area contributed by atoms with E-state index in [-0.39, 0.29) is 5.82 Å². The number of halogens is 1. The molecule has 1 aromatic heterocycles. The van der Waals surface area contributed by atoms with E-state index < -0.39 is 0 Å². The van der Waals surface area contributed by atoms with Gasteiger partial charge in [-0.05, 0) is 25.5 Å². The summed E-state index contributed by atoms with van der Waals surface area (Å²) < 4.78 is 13.7. The van der Waals surface area contributed by atoms with Crippen molar-refractivity contribution in [2.75, 3.05) is 0 Å². The Morgan fingerprint density at radius 3 is 3.00 bits per heavy atom. The van der Waals surface area contributed by atoms with Gasteiger partial charge in [-0.1, -0.05) is 6.07 Å². The van der Waals surface area contributed by atoms with Crippen molar-refractivity contribution in [2.24, 2.45) is 0 Å². The van der Waals surface area contributed by atoms with E-state index in [9.17, 15) is 4.39 Å². The predicted molar refractivity (Wildman–Crippen MR) is 48.6 cm³/mol. The van der Waals surface area contributed by atoms with Gasteiger partial charge in [-0.3, -0.25) is 0 Å². The minimum atomic E-state index is -0.190. The molecule has 1 heterocycles. The van der Waals surface area contributed by atoms with Gasteiger partial charge in [-0.15, -0.1) is 11.3 Å². The molecule has 1 nitrogen and oxygen atoms in total. The molecule has 2 rings (SSSR count). The van der Waals surface area contributed by atoms with Crippen LogP contribution in [-0.4, -0.2) is 4.98 Å². The molecule has 1 radical (unpaired) electrons. The van der Waals surface area contributed by atoms with Crippen LogP contribution in [0.1, 0.15) is 5.01 Å². The highest BCUT2D eigenvalue weighted by Crippen LogP contribution is 2.24. The average Bonchev–Trinajstić information content (AvgIpc) is 2.49. The van der Waals surface area contributed by atoms with Crippen molar-refractivity contribution in [1.29, 1.82) is 0 Å². The molecule has 0 saturated carbocycles. The highest BCUT2D eigenvalue weighted by Gasteiger charge is 2.05. The van der Waals surface area contributed by atoms with Crippen LogP contribution in [0.4, 0.5) is 4.39 Å². The van der Waals surface area contributed by atoms with E-state index in [1.807, 2.05) is 6.07 Å². The summed E-state index contributed by atoms with van der Waals surface area (Å²) in [7, 11) is 0. The summed E-state index contributed by atoms with van der Waals surface area (Å²) in [6.07, 6.45) is 0.624. The second kappa shape index (κ2) is 2.83. The molecule has 0 aliphatic heterocycles. The van der Waals surface area contributed by atoms with Gasteiger partial charge in [0, 0.05) is 0 Å². The predicted octanol–water partition coefficient (Wildman–Crippen LogP) is 2.81. The molecule has 0 fully saturated rings. The third kappa shape index (κ3) is 1.10. The lowest BCUT2D eigenvalue weighted by molar-refractivity contribution is 0.641. The van der Waals surface area contributed by atoms with E-state index in [1.54, 1.807) is 6.07 Å². The van der Waals surface area contributed by atoms with Gasteiger partial charge in [-0.2, -0.15) is 0 Å². The summed E-state index contributed by atoms with van der Waals surface area (Å²) in [5.74, 6) is -0.190. The largest absolute Gasteiger partial charge is 0.241 e. The monoisotopic (exact) mass is 180 g/mol. The smallest absolute Gasteiger partial charge is 0.142 e. The van der Waals surface area contributed by atoms with Crippen LogP contribution in [-0.2, 0) is 6.42 Å². The van der Waals surface area contributed by atoms with Crippen molar-refractivity contribution in [3.63, 3.8) is 0 Å². The maximum atomic E-state index is 13.1. The fraction of sp³-hybridized carbons (Fsp3) is 0.111. The summed E-state index contributed by atoms with van der Waals surface area (Å²) in [4.78, 5) is 4.21. The average molecular weight is 180 g/mol. The SMILES string of the molecule is [CH2]Cc1nc2cccc(F)c2s1. The van der Waals surface area contributed by atoms with E-state index in [1.165, 1.54) is 17.4 Å². The molecule has 3 heteroatoms. The topological polar surface area (TPSA) is 12.9 Å². The molecule has 0 amide bonds. The molecule has 1 aromatic carbocycles. The molecule has 0 saturated heterocycles. The number of nitrogens with zero attached hydrogens (tertiary/aromatic N) is 1. The van der Waals surface area contributed by atoms with Gasteiger partial charge >= 0.3 is 0 Å². The molecule has 0 spiro atoms. The number of hydrogen-bond acceptors (Lipinski definition) is 2. The summed E-state index contributed by atoms with van der Waals surface area (Å²) in [5, 5.41) is 0.884. The van der Waals surface area contributed by atoms with Crippen LogP contribution in [0, 0.1) is 12.7 Å². The highest BCUT2D eigenvalue weighted by atomic mass is 32.1. The maximum absolute atomic E-state index is 13.1. The molecule has 0 N–H and O–H groups in total. The van der Waals surface area contributed by atoms with Crippen molar-refractivity contribution in [3.8, 4) is 0 Å². The number of fused-ring (bicyclic) bond motifs is 1. The third-order valence-electron chi connectivity index (χ3n) is 1.63. The van der Waals surface area contributed by atoms with E-state index in [0.29, 0.717) is 11.1 Å². The third-order valence-corrected chi connectivity index (χ3v) is 2.76. The Labute approximate surface area is 73.9 Å². The van der Waals surface area contributed by atoms with Crippen LogP contribution < -0.4 is 0 Å². The highest BCUT2D eigenvalue weighted by molar-refractivity contribution is 7.18. The number of rotatable bonds is 1. The van der Waals surface area contributed by atoms with Gasteiger partial charge in [0.2, 0.25) is 0 Å². The second-order valence-corrected chi connectivity index (χ2v) is 3.53. The van der Waals surface area contributed by atoms with Gasteiger partial charge in [-0.25, -0.2) is 9.37 Å². The fourth-order valence-electron chi connectivity index (χ4n) is 1.07. The normalized spacial score (nSPS) is 10.8. The zero-order chi connectivity index (χ0) is 8.55. The zero-order valence-electron chi connectivity index (χ0n) is 6.38. The Bertz CT molecular complexity index is 408. The number of thiazole rings is 1. The van der Waals surface area contributed by atoms with Crippen molar-refractivity contribution < 1.29 is 4.39 Å². The summed E-state index contributed by atoms with van der Waals surface area (Å²) in [6, 6.07) is 4.94. The van der Waals surface area contributed by atoms with Crippen molar-refractivity contribution in [2.45, 2.75) is 6.42 Å². The molecule has 0 aliphatic carbocycles. The van der Waals surface area contributed by atoms with E-state index in [4.69, 9.17) is 0 Å². The van der Waals surface area contributed by atoms with Crippen LogP contribution in [0.15, 0.2) is 18.2 Å². The Hall–Kier alpha value is -0.960. The molecule has 61 valence electrons. The molecule has 0 atom stereocenters. The summed E-state index contributed by atoms with van der Waals surface area (Å²) >= 11 is 1.38. The van der Waals surface area contributed by atoms with E-state index >= 15 is 0 Å². The van der Waals surface area contributed by atoms with Crippen molar-refractivity contribution in [3.05, 3.63) is 35.9 Å². The zero-order valence-corrected chi connectivity index (χ0v) is 7.20. The number of aromatic nitrogens is 1. The molecule has 2 aromatic rings. The second-order valence-electron chi connectivity index (χ2n) is 2.45. The first-order valence-corrected chi connectivity index (χ1v) is 4.46. The van der Waals surface area contributed by atoms with Gasteiger partial charge in [0.15, 0.2) is 0 Å². The van der Waals surface area contributed by atoms with Crippen LogP contribution in [0.25, 0.3) is 10.2 Å². The standard InChI is InChI=1S/C9H7FNS/c1-2-8-11-7-5-3-4-6(10)9(7)12-8/h3-5H,1-2H2. The summed E-state index contributed by atoms with van der Waals surface area (Å²) in [5.41, 5.74) is 0.735. The molecule has 0 bridgehead atoms. The van der Waals surface area contributed by atoms with Crippen LogP contribution in [0.2, 0.25) is 0 Å². The molecule has 0 aliphatic rings. The Morgan fingerprint density at radius 1 is 1.50 bits per heavy atom. The molecule has 0 unspecified atom stereocenters. The van der Waals surface area contributed by atoms with E-state index in [0.717, 1.165) is 10.5 Å². The van der Waals surface area contributed by atoms with Gasteiger partial charge < -0.3 is 0 Å². The van der Waals surface area contributed by atoms with E-state index in [2.05, 4.69) is 11.9 Å². The number of hydrogen-bond donors (Lipinski definition) is 0. The summed E-state index contributed by atoms with van der Waals surface area (Å²) in [6.45, 7) is 3.71. The quantitative estimate of drug-likeness (QED) is 0.657. The first-order valence-electron chi connectivity index (χ1n) is 3.64. The van der Waals surface area contributed by atoms with Crippen LogP contribution >= 0.6 is 11.3 Å². The Balaban J connectivity index is 2.74. The Morgan fingerprint density at radius 2 is 2.33 bits per heavy atom. The van der Waals surface area contributed by atoms with Crippen LogP contribution in [0.3, 0.4) is 0 Å². The maximum Gasteiger partial charge on any atom is 0.142 e. The van der Waals surface area contributed by atoms with Gasteiger partial charge in [0.05, 0.1) is 15.2 Å². The fourth-order valence-corrected chi connectivity index (χ4v) is 1.93. The first-order chi connectivity index (χ1) is 5.81. The molecule has 12 heavy (non-hydrogen) atoms. The number of benzene rings is 1. The lowest BCUT2D eigenvalue weighted by atomic mass is 10.3. The van der Waals surface area contributed by atoms with Gasteiger partial charge in [0.1, 0.15) is 5.82 Å². The minimum absolute atomic E-state index is 0.190. The molecular formula is C9H7FNS. The van der Waals surface area contributed by atoms with Crippen LogP contribution in [0.5, 0.6) is 0 Å². The minimum Gasteiger partial charge on any atom is -0.241 e. The van der Waals surface area contributed by atoms with Crippen molar-refractivity contribution in [1.82, 2.24) is 4.98 Å². The van der Waals surface area contributed by atoms with Gasteiger partial charge in [0.25, 0.3) is 0 Å². The first kappa shape index (κ1) is 7.68. The Kier molecular flexibility index (Phi) is 1.81. The molecular weight excluding hydrogens is 173 g/mol. The lowest BCUT2D eigenvalue weighted by Crippen LogP contribution is -1.74.